The third-order valence-corrected chi connectivity index (χ3v) is 7.53. The van der Waals surface area contributed by atoms with Gasteiger partial charge in [-0.2, -0.15) is 0 Å². The Hall–Kier alpha value is -3.91. The molecule has 1 aliphatic carbocycles. The fourth-order valence-corrected chi connectivity index (χ4v) is 5.57. The van der Waals surface area contributed by atoms with E-state index in [1.807, 2.05) is 30.3 Å². The van der Waals surface area contributed by atoms with Gasteiger partial charge in [-0.25, -0.2) is 0 Å². The van der Waals surface area contributed by atoms with Crippen LogP contribution in [0.4, 0.5) is 0 Å². The van der Waals surface area contributed by atoms with E-state index in [2.05, 4.69) is 5.32 Å². The second-order valence-corrected chi connectivity index (χ2v) is 9.97. The van der Waals surface area contributed by atoms with Crippen LogP contribution in [0.25, 0.3) is 21.8 Å². The number of nitrogens with one attached hydrogen (secondary N) is 1. The Balaban J connectivity index is 1.62. The van der Waals surface area contributed by atoms with Gasteiger partial charge in [0, 0.05) is 30.1 Å². The van der Waals surface area contributed by atoms with E-state index < -0.39 is 5.54 Å². The molecule has 4 aromatic rings. The molecule has 5 rings (SSSR count). The summed E-state index contributed by atoms with van der Waals surface area (Å²) in [6.45, 7) is 0.224. The number of ether oxygens (including phenoxy) is 1. The number of hydrogen-bond acceptors (Lipinski definition) is 5. The van der Waals surface area contributed by atoms with Crippen LogP contribution in [0, 0.1) is 0 Å². The second kappa shape index (κ2) is 9.86. The van der Waals surface area contributed by atoms with Crippen molar-refractivity contribution in [1.82, 2.24) is 14.5 Å². The summed E-state index contributed by atoms with van der Waals surface area (Å²) in [4.78, 5) is 40.4. The molecular weight excluding hydrogens is 468 g/mol. The van der Waals surface area contributed by atoms with E-state index in [-0.39, 0.29) is 40.6 Å². The van der Waals surface area contributed by atoms with Gasteiger partial charge in [0.15, 0.2) is 17.2 Å². The summed E-state index contributed by atoms with van der Waals surface area (Å²) in [6, 6.07) is 16.3. The highest BCUT2D eigenvalue weighted by atomic mass is 16.5. The first kappa shape index (κ1) is 24.8. The second-order valence-electron chi connectivity index (χ2n) is 9.97. The van der Waals surface area contributed by atoms with Crippen molar-refractivity contribution in [1.29, 1.82) is 0 Å². The van der Waals surface area contributed by atoms with Crippen LogP contribution < -0.4 is 21.3 Å². The van der Waals surface area contributed by atoms with Gasteiger partial charge in [-0.3, -0.25) is 19.0 Å². The summed E-state index contributed by atoms with van der Waals surface area (Å²) in [5.41, 5.74) is 7.72. The minimum absolute atomic E-state index is 0.130. The summed E-state index contributed by atoms with van der Waals surface area (Å²) >= 11 is 0. The van der Waals surface area contributed by atoms with Crippen LogP contribution in [-0.2, 0) is 13.6 Å². The number of carbonyl (C=O) groups is 2. The number of carbonyl (C=O) groups excluding carboxylic acids is 2. The van der Waals surface area contributed by atoms with Gasteiger partial charge in [0.2, 0.25) is 0 Å². The van der Waals surface area contributed by atoms with Crippen LogP contribution in [0.1, 0.15) is 53.0 Å². The smallest absolute Gasteiger partial charge is 0.271 e. The Labute approximate surface area is 215 Å². The van der Waals surface area contributed by atoms with Crippen molar-refractivity contribution >= 4 is 33.5 Å². The predicted molar refractivity (Wildman–Crippen MR) is 144 cm³/mol. The highest BCUT2D eigenvalue weighted by Crippen LogP contribution is 2.35. The molecule has 0 radical (unpaired) electrons. The number of benzene rings is 2. The Morgan fingerprint density at radius 2 is 1.70 bits per heavy atom. The molecule has 1 aliphatic rings. The van der Waals surface area contributed by atoms with E-state index in [0.29, 0.717) is 23.1 Å². The highest BCUT2D eigenvalue weighted by Gasteiger charge is 2.31. The van der Waals surface area contributed by atoms with Gasteiger partial charge in [-0.1, -0.05) is 67.8 Å². The normalized spacial score (nSPS) is 15.1. The van der Waals surface area contributed by atoms with E-state index in [9.17, 15) is 14.4 Å². The van der Waals surface area contributed by atoms with Crippen molar-refractivity contribution in [3.63, 3.8) is 0 Å². The molecule has 37 heavy (non-hydrogen) atoms. The van der Waals surface area contributed by atoms with E-state index in [4.69, 9.17) is 10.5 Å². The van der Waals surface area contributed by atoms with Gasteiger partial charge in [-0.05, 0) is 18.9 Å². The zero-order valence-corrected chi connectivity index (χ0v) is 21.3. The number of para-hydroxylation sites is 1. The molecular formula is C29H32N4O4. The van der Waals surface area contributed by atoms with Crippen LogP contribution in [0.2, 0.25) is 0 Å². The van der Waals surface area contributed by atoms with Crippen molar-refractivity contribution in [2.24, 2.45) is 12.8 Å². The first-order valence-corrected chi connectivity index (χ1v) is 12.7. The number of rotatable bonds is 7. The molecule has 1 saturated carbocycles. The van der Waals surface area contributed by atoms with Crippen LogP contribution in [0.5, 0.6) is 5.75 Å². The average molecular weight is 501 g/mol. The van der Waals surface area contributed by atoms with Crippen molar-refractivity contribution < 1.29 is 14.3 Å². The molecule has 0 saturated heterocycles. The zero-order valence-electron chi connectivity index (χ0n) is 21.3. The van der Waals surface area contributed by atoms with E-state index in [0.717, 1.165) is 37.5 Å². The van der Waals surface area contributed by atoms with E-state index in [1.165, 1.54) is 11.7 Å². The van der Waals surface area contributed by atoms with Gasteiger partial charge in [0.1, 0.15) is 5.39 Å². The Kier molecular flexibility index (Phi) is 6.60. The number of ketones is 1. The molecule has 3 N–H and O–H groups in total. The Morgan fingerprint density at radius 1 is 1.03 bits per heavy atom. The predicted octanol–water partition coefficient (Wildman–Crippen LogP) is 3.78. The third-order valence-electron chi connectivity index (χ3n) is 7.53. The monoisotopic (exact) mass is 500 g/mol. The third kappa shape index (κ3) is 4.42. The Morgan fingerprint density at radius 3 is 2.41 bits per heavy atom. The van der Waals surface area contributed by atoms with Crippen LogP contribution in [-0.4, -0.2) is 40.0 Å². The highest BCUT2D eigenvalue weighted by molar-refractivity contribution is 6.12. The lowest BCUT2D eigenvalue weighted by atomic mass is 9.82. The number of nitrogens with two attached hydrogens (primary N) is 1. The number of nitrogens with zero attached hydrogens (tertiary/aromatic N) is 2. The zero-order chi connectivity index (χ0) is 26.2. The number of amides is 1. The average Bonchev–Trinajstić information content (AvgIpc) is 3.23. The molecule has 0 bridgehead atoms. The lowest BCUT2D eigenvalue weighted by molar-refractivity contribution is 0.0925. The van der Waals surface area contributed by atoms with Gasteiger partial charge >= 0.3 is 0 Å². The number of aryl methyl sites for hydroxylation is 1. The topological polar surface area (TPSA) is 108 Å². The molecule has 1 amide bonds. The summed E-state index contributed by atoms with van der Waals surface area (Å²) in [6.07, 6.45) is 5.00. The van der Waals surface area contributed by atoms with Gasteiger partial charge in [-0.15, -0.1) is 0 Å². The molecule has 0 atom stereocenters. The molecule has 2 heterocycles. The fraction of sp³-hybridized carbons (Fsp3) is 0.345. The summed E-state index contributed by atoms with van der Waals surface area (Å²) in [5, 5.41) is 4.02. The minimum Gasteiger partial charge on any atom is -0.493 e. The number of pyridine rings is 1. The summed E-state index contributed by atoms with van der Waals surface area (Å²) in [5.74, 6) is -0.330. The molecule has 0 unspecified atom stereocenters. The summed E-state index contributed by atoms with van der Waals surface area (Å²) in [7, 11) is 3.20. The molecule has 2 aromatic heterocycles. The van der Waals surface area contributed by atoms with Gasteiger partial charge in [0.25, 0.3) is 11.5 Å². The lowest BCUT2D eigenvalue weighted by Gasteiger charge is -2.33. The quantitative estimate of drug-likeness (QED) is 0.376. The lowest BCUT2D eigenvalue weighted by Crippen LogP contribution is -2.51. The summed E-state index contributed by atoms with van der Waals surface area (Å²) < 4.78 is 8.86. The largest absolute Gasteiger partial charge is 0.493 e. The van der Waals surface area contributed by atoms with Crippen molar-refractivity contribution in [3.8, 4) is 5.75 Å². The molecule has 2 aromatic carbocycles. The number of Topliss-reactive ketones (excluding diaryl/α,β-unsaturated/α-hetero) is 1. The first-order valence-electron chi connectivity index (χ1n) is 12.7. The Bertz CT molecular complexity index is 1550. The van der Waals surface area contributed by atoms with Gasteiger partial charge < -0.3 is 20.4 Å². The number of aromatic nitrogens is 2. The molecule has 192 valence electrons. The maximum absolute atomic E-state index is 13.9. The molecule has 8 nitrogen and oxygen atoms in total. The van der Waals surface area contributed by atoms with Crippen LogP contribution in [0.3, 0.4) is 0 Å². The molecule has 0 spiro atoms. The SMILES string of the molecule is COc1c(C(=O)NCC2(N)CCCCC2)n(C)c2c1c(=O)n(CC(=O)c1ccccc1)c1ccccc21. The number of hydrogen-bond donors (Lipinski definition) is 2. The van der Waals surface area contributed by atoms with E-state index >= 15 is 0 Å². The maximum Gasteiger partial charge on any atom is 0.271 e. The van der Waals surface area contributed by atoms with Crippen molar-refractivity contribution in [3.05, 3.63) is 76.2 Å². The van der Waals surface area contributed by atoms with Crippen molar-refractivity contribution in [2.45, 2.75) is 44.2 Å². The van der Waals surface area contributed by atoms with Crippen LogP contribution >= 0.6 is 0 Å². The fourth-order valence-electron chi connectivity index (χ4n) is 5.57. The molecule has 0 aliphatic heterocycles. The van der Waals surface area contributed by atoms with Gasteiger partial charge in [0.05, 0.1) is 24.7 Å². The molecule has 1 fully saturated rings. The standard InChI is InChI=1S/C29H32N4O4/c1-32-24-20-13-7-8-14-21(20)33(17-22(34)19-11-5-3-6-12-19)28(36)23(24)26(37-2)25(32)27(35)31-18-29(30)15-9-4-10-16-29/h3,5-8,11-14H,4,9-10,15-18,30H2,1-2H3,(H,31,35). The maximum atomic E-state index is 13.9. The van der Waals surface area contributed by atoms with Crippen molar-refractivity contribution in [2.75, 3.05) is 13.7 Å². The number of methoxy groups -OCH3 is 1. The first-order chi connectivity index (χ1) is 17.8. The van der Waals surface area contributed by atoms with Crippen LogP contribution in [0.15, 0.2) is 59.4 Å². The minimum atomic E-state index is -0.428. The molecule has 8 heteroatoms. The number of fused-ring (bicyclic) bond motifs is 3. The van der Waals surface area contributed by atoms with E-state index in [1.54, 1.807) is 35.9 Å².